The summed E-state index contributed by atoms with van der Waals surface area (Å²) < 4.78 is 4.86. The van der Waals surface area contributed by atoms with E-state index in [2.05, 4.69) is 5.48 Å². The molecule has 0 bridgehead atoms. The molecule has 0 aromatic heterocycles. The van der Waals surface area contributed by atoms with E-state index in [0.717, 1.165) is 0 Å². The maximum Gasteiger partial charge on any atom is 0.0916 e. The Balaban J connectivity index is 1.91. The second kappa shape index (κ2) is 6.71. The van der Waals surface area contributed by atoms with Crippen LogP contribution < -0.4 is 5.48 Å². The molecule has 12 heavy (non-hydrogen) atoms. The number of methoxy groups -OCH3 is 1. The van der Waals surface area contributed by atoms with Crippen LogP contribution in [0.3, 0.4) is 0 Å². The number of hydrogen-bond donors (Lipinski definition) is 1. The fourth-order valence-electron chi connectivity index (χ4n) is 1.14. The van der Waals surface area contributed by atoms with Crippen molar-refractivity contribution in [3.8, 4) is 0 Å². The van der Waals surface area contributed by atoms with Gasteiger partial charge in [-0.15, -0.1) is 0 Å². The first-order valence-corrected chi connectivity index (χ1v) is 5.53. The van der Waals surface area contributed by atoms with E-state index in [-0.39, 0.29) is 0 Å². The van der Waals surface area contributed by atoms with Crippen molar-refractivity contribution in [3.63, 3.8) is 0 Å². The summed E-state index contributed by atoms with van der Waals surface area (Å²) in [6.07, 6.45) is 2.54. The molecule has 1 atom stereocenters. The van der Waals surface area contributed by atoms with Gasteiger partial charge in [-0.05, 0) is 18.6 Å². The van der Waals surface area contributed by atoms with E-state index >= 15 is 0 Å². The molecular weight excluding hydrogens is 174 g/mol. The highest BCUT2D eigenvalue weighted by Gasteiger charge is 2.12. The topological polar surface area (TPSA) is 30.5 Å². The van der Waals surface area contributed by atoms with Gasteiger partial charge in [0.1, 0.15) is 0 Å². The van der Waals surface area contributed by atoms with Crippen molar-refractivity contribution in [1.82, 2.24) is 5.48 Å². The number of hydroxylamine groups is 1. The van der Waals surface area contributed by atoms with Gasteiger partial charge in [0.15, 0.2) is 0 Å². The zero-order chi connectivity index (χ0) is 8.65. The zero-order valence-electron chi connectivity index (χ0n) is 7.54. The lowest BCUT2D eigenvalue weighted by Gasteiger charge is -2.21. The van der Waals surface area contributed by atoms with E-state index < -0.39 is 0 Å². The Kier molecular flexibility index (Phi) is 5.77. The first-order chi connectivity index (χ1) is 5.93. The Morgan fingerprint density at radius 2 is 2.42 bits per heavy atom. The number of rotatable bonds is 5. The fourth-order valence-corrected chi connectivity index (χ4v) is 2.19. The molecule has 1 N–H and O–H groups in total. The molecule has 0 amide bonds. The average molecular weight is 191 g/mol. The van der Waals surface area contributed by atoms with Gasteiger partial charge < -0.3 is 4.74 Å². The van der Waals surface area contributed by atoms with Crippen LogP contribution in [0.5, 0.6) is 0 Å². The molecule has 1 rings (SSSR count). The van der Waals surface area contributed by atoms with Crippen LogP contribution in [-0.2, 0) is 9.57 Å². The summed E-state index contributed by atoms with van der Waals surface area (Å²) in [4.78, 5) is 5.23. The summed E-state index contributed by atoms with van der Waals surface area (Å²) in [6, 6.07) is 0.542. The molecule has 0 saturated carbocycles. The van der Waals surface area contributed by atoms with Crippen LogP contribution in [0, 0.1) is 0 Å². The number of ether oxygens (including phenoxy) is 1. The Bertz CT molecular complexity index is 107. The smallest absolute Gasteiger partial charge is 0.0916 e. The second-order valence-corrected chi connectivity index (χ2v) is 4.02. The Morgan fingerprint density at radius 1 is 1.50 bits per heavy atom. The number of nitrogens with one attached hydrogen (secondary N) is 1. The van der Waals surface area contributed by atoms with E-state index in [1.165, 1.54) is 24.3 Å². The molecule has 4 heteroatoms. The molecule has 1 aliphatic rings. The van der Waals surface area contributed by atoms with Gasteiger partial charge in [0, 0.05) is 18.9 Å². The summed E-state index contributed by atoms with van der Waals surface area (Å²) in [5, 5.41) is 0. The van der Waals surface area contributed by atoms with Gasteiger partial charge in [0.25, 0.3) is 0 Å². The highest BCUT2D eigenvalue weighted by Crippen LogP contribution is 2.16. The van der Waals surface area contributed by atoms with Gasteiger partial charge in [0.2, 0.25) is 0 Å². The lowest BCUT2D eigenvalue weighted by molar-refractivity contribution is -0.00968. The quantitative estimate of drug-likeness (QED) is 0.520. The lowest BCUT2D eigenvalue weighted by Crippen LogP contribution is -2.34. The van der Waals surface area contributed by atoms with Crippen molar-refractivity contribution in [2.24, 2.45) is 0 Å². The Labute approximate surface area is 78.1 Å². The van der Waals surface area contributed by atoms with E-state index in [4.69, 9.17) is 9.57 Å². The average Bonchev–Trinajstić information content (AvgIpc) is 2.14. The molecule has 1 saturated heterocycles. The summed E-state index contributed by atoms with van der Waals surface area (Å²) in [6.45, 7) is 1.30. The molecule has 3 nitrogen and oxygen atoms in total. The van der Waals surface area contributed by atoms with Crippen LogP contribution in [0.15, 0.2) is 0 Å². The van der Waals surface area contributed by atoms with Crippen LogP contribution in [0.1, 0.15) is 12.8 Å². The van der Waals surface area contributed by atoms with Crippen LogP contribution in [-0.4, -0.2) is 37.9 Å². The normalized spacial score (nSPS) is 24.2. The number of hydrogen-bond acceptors (Lipinski definition) is 4. The van der Waals surface area contributed by atoms with Crippen LogP contribution in [0.4, 0.5) is 0 Å². The van der Waals surface area contributed by atoms with E-state index in [9.17, 15) is 0 Å². The van der Waals surface area contributed by atoms with Crippen molar-refractivity contribution in [3.05, 3.63) is 0 Å². The van der Waals surface area contributed by atoms with Gasteiger partial charge in [-0.2, -0.15) is 17.2 Å². The van der Waals surface area contributed by atoms with E-state index in [1.807, 2.05) is 11.8 Å². The summed E-state index contributed by atoms with van der Waals surface area (Å²) in [5.74, 6) is 2.48. The number of thioether (sulfide) groups is 1. The molecular formula is C8H17NO2S. The van der Waals surface area contributed by atoms with Gasteiger partial charge in [-0.3, -0.25) is 4.84 Å². The zero-order valence-corrected chi connectivity index (χ0v) is 8.36. The second-order valence-electron chi connectivity index (χ2n) is 2.87. The third kappa shape index (κ3) is 4.30. The van der Waals surface area contributed by atoms with Gasteiger partial charge >= 0.3 is 0 Å². The van der Waals surface area contributed by atoms with Gasteiger partial charge in [-0.1, -0.05) is 0 Å². The fraction of sp³-hybridized carbons (Fsp3) is 1.00. The van der Waals surface area contributed by atoms with Crippen LogP contribution in [0.25, 0.3) is 0 Å². The molecule has 1 aliphatic heterocycles. The molecule has 1 fully saturated rings. The SMILES string of the molecule is COCCONC1CCCSC1. The van der Waals surface area contributed by atoms with E-state index in [1.54, 1.807) is 7.11 Å². The first kappa shape index (κ1) is 10.3. The molecule has 0 aliphatic carbocycles. The van der Waals surface area contributed by atoms with Crippen molar-refractivity contribution in [1.29, 1.82) is 0 Å². The predicted octanol–water partition coefficient (Wildman–Crippen LogP) is 1.05. The maximum absolute atomic E-state index is 5.23. The van der Waals surface area contributed by atoms with Crippen molar-refractivity contribution < 1.29 is 9.57 Å². The third-order valence-electron chi connectivity index (χ3n) is 1.80. The molecule has 0 aromatic carbocycles. The molecule has 72 valence electrons. The summed E-state index contributed by atoms with van der Waals surface area (Å²) >= 11 is 1.99. The lowest BCUT2D eigenvalue weighted by atomic mass is 10.2. The molecule has 1 heterocycles. The Morgan fingerprint density at radius 3 is 3.08 bits per heavy atom. The molecule has 0 radical (unpaired) electrons. The highest BCUT2D eigenvalue weighted by molar-refractivity contribution is 7.99. The monoisotopic (exact) mass is 191 g/mol. The standard InChI is InChI=1S/C8H17NO2S/c1-10-4-5-11-9-8-3-2-6-12-7-8/h8-9H,2-7H2,1H3. The summed E-state index contributed by atoms with van der Waals surface area (Å²) in [5.41, 5.74) is 3.06. The van der Waals surface area contributed by atoms with Gasteiger partial charge in [-0.25, -0.2) is 0 Å². The van der Waals surface area contributed by atoms with Crippen LogP contribution >= 0.6 is 11.8 Å². The highest BCUT2D eigenvalue weighted by atomic mass is 32.2. The minimum atomic E-state index is 0.542. The molecule has 0 aromatic rings. The molecule has 1 unspecified atom stereocenters. The predicted molar refractivity (Wildman–Crippen MR) is 51.3 cm³/mol. The molecule has 0 spiro atoms. The van der Waals surface area contributed by atoms with Crippen LogP contribution in [0.2, 0.25) is 0 Å². The van der Waals surface area contributed by atoms with E-state index in [0.29, 0.717) is 19.3 Å². The Hall–Kier alpha value is 0.230. The minimum absolute atomic E-state index is 0.542. The van der Waals surface area contributed by atoms with Crippen molar-refractivity contribution in [2.45, 2.75) is 18.9 Å². The van der Waals surface area contributed by atoms with Crippen molar-refractivity contribution in [2.75, 3.05) is 31.8 Å². The van der Waals surface area contributed by atoms with Crippen molar-refractivity contribution >= 4 is 11.8 Å². The maximum atomic E-state index is 5.23. The third-order valence-corrected chi connectivity index (χ3v) is 3.02. The van der Waals surface area contributed by atoms with Gasteiger partial charge in [0.05, 0.1) is 13.2 Å². The largest absolute Gasteiger partial charge is 0.382 e. The summed E-state index contributed by atoms with van der Waals surface area (Å²) in [7, 11) is 1.68. The minimum Gasteiger partial charge on any atom is -0.382 e. The first-order valence-electron chi connectivity index (χ1n) is 4.37.